The molecule has 1 aliphatic rings. The largest absolute Gasteiger partial charge is 0.352 e. The van der Waals surface area contributed by atoms with Crippen LogP contribution in [0, 0.1) is 6.92 Å². The molecule has 1 heterocycles. The maximum absolute atomic E-state index is 12.3. The van der Waals surface area contributed by atoms with Crippen molar-refractivity contribution in [3.63, 3.8) is 0 Å². The van der Waals surface area contributed by atoms with E-state index in [1.54, 1.807) is 4.90 Å². The van der Waals surface area contributed by atoms with Crippen LogP contribution in [0.1, 0.15) is 25.3 Å². The Morgan fingerprint density at radius 1 is 1.30 bits per heavy atom. The number of urea groups is 1. The van der Waals surface area contributed by atoms with E-state index in [1.165, 1.54) is 6.92 Å². The summed E-state index contributed by atoms with van der Waals surface area (Å²) >= 11 is 0. The normalized spacial score (nSPS) is 18.5. The van der Waals surface area contributed by atoms with Crippen LogP contribution >= 0.6 is 0 Å². The first-order chi connectivity index (χ1) is 9.56. The van der Waals surface area contributed by atoms with Crippen LogP contribution in [0.25, 0.3) is 0 Å². The summed E-state index contributed by atoms with van der Waals surface area (Å²) in [7, 11) is 0. The monoisotopic (exact) mass is 275 g/mol. The van der Waals surface area contributed by atoms with Crippen molar-refractivity contribution in [1.82, 2.24) is 10.2 Å². The van der Waals surface area contributed by atoms with E-state index in [1.807, 2.05) is 31.2 Å². The Labute approximate surface area is 119 Å². The van der Waals surface area contributed by atoms with Gasteiger partial charge in [-0.1, -0.05) is 18.2 Å². The van der Waals surface area contributed by atoms with Gasteiger partial charge in [0, 0.05) is 31.7 Å². The van der Waals surface area contributed by atoms with Crippen LogP contribution in [0.3, 0.4) is 0 Å². The summed E-state index contributed by atoms with van der Waals surface area (Å²) in [6.45, 7) is 4.77. The molecule has 5 nitrogen and oxygen atoms in total. The van der Waals surface area contributed by atoms with Gasteiger partial charge in [0.05, 0.1) is 0 Å². The summed E-state index contributed by atoms with van der Waals surface area (Å²) in [6, 6.07) is 7.66. The van der Waals surface area contributed by atoms with Crippen LogP contribution in [-0.2, 0) is 4.79 Å². The van der Waals surface area contributed by atoms with Gasteiger partial charge >= 0.3 is 6.03 Å². The van der Waals surface area contributed by atoms with Crippen LogP contribution in [0.2, 0.25) is 0 Å². The highest BCUT2D eigenvalue weighted by Gasteiger charge is 2.24. The van der Waals surface area contributed by atoms with E-state index in [0.717, 1.165) is 30.6 Å². The van der Waals surface area contributed by atoms with Gasteiger partial charge in [-0.05, 0) is 31.4 Å². The van der Waals surface area contributed by atoms with Crippen molar-refractivity contribution in [2.45, 2.75) is 32.7 Å². The number of benzene rings is 1. The minimum atomic E-state index is -0.102. The predicted molar refractivity (Wildman–Crippen MR) is 78.6 cm³/mol. The van der Waals surface area contributed by atoms with Crippen LogP contribution in [0.4, 0.5) is 10.5 Å². The van der Waals surface area contributed by atoms with E-state index in [-0.39, 0.29) is 18.0 Å². The first-order valence-corrected chi connectivity index (χ1v) is 6.95. The number of carbonyl (C=O) groups excluding carboxylic acids is 2. The van der Waals surface area contributed by atoms with Gasteiger partial charge < -0.3 is 15.5 Å². The lowest BCUT2D eigenvalue weighted by atomic mass is 10.1. The molecule has 0 radical (unpaired) electrons. The second-order valence-electron chi connectivity index (χ2n) is 5.23. The smallest absolute Gasteiger partial charge is 0.321 e. The van der Waals surface area contributed by atoms with E-state index in [4.69, 9.17) is 0 Å². The van der Waals surface area contributed by atoms with Crippen molar-refractivity contribution >= 4 is 17.6 Å². The summed E-state index contributed by atoms with van der Waals surface area (Å²) < 4.78 is 0. The molecule has 2 rings (SSSR count). The Hall–Kier alpha value is -2.04. The minimum absolute atomic E-state index is 0.0452. The number of aryl methyl sites for hydroxylation is 1. The molecule has 1 aromatic carbocycles. The number of hydrogen-bond acceptors (Lipinski definition) is 2. The summed E-state index contributed by atoms with van der Waals surface area (Å²) in [5.41, 5.74) is 1.87. The molecule has 0 bridgehead atoms. The first kappa shape index (κ1) is 14.4. The summed E-state index contributed by atoms with van der Waals surface area (Å²) in [5, 5.41) is 5.81. The van der Waals surface area contributed by atoms with Gasteiger partial charge in [-0.3, -0.25) is 4.79 Å². The number of likely N-dealkylation sites (tertiary alicyclic amines) is 1. The zero-order valence-corrected chi connectivity index (χ0v) is 12.0. The van der Waals surface area contributed by atoms with E-state index in [0.29, 0.717) is 6.54 Å². The molecule has 0 spiro atoms. The molecule has 1 fully saturated rings. The lowest BCUT2D eigenvalue weighted by molar-refractivity contribution is -0.119. The van der Waals surface area contributed by atoms with Crippen molar-refractivity contribution in [3.05, 3.63) is 29.8 Å². The number of piperidine rings is 1. The van der Waals surface area contributed by atoms with E-state index >= 15 is 0 Å². The van der Waals surface area contributed by atoms with Crippen molar-refractivity contribution < 1.29 is 9.59 Å². The molecule has 1 aromatic rings. The van der Waals surface area contributed by atoms with Gasteiger partial charge in [0.25, 0.3) is 0 Å². The van der Waals surface area contributed by atoms with Crippen LogP contribution < -0.4 is 10.6 Å². The number of nitrogens with one attached hydrogen (secondary N) is 2. The Morgan fingerprint density at radius 3 is 2.75 bits per heavy atom. The van der Waals surface area contributed by atoms with Crippen LogP contribution in [-0.4, -0.2) is 36.0 Å². The quantitative estimate of drug-likeness (QED) is 0.868. The van der Waals surface area contributed by atoms with Crippen molar-refractivity contribution in [3.8, 4) is 0 Å². The van der Waals surface area contributed by atoms with Crippen molar-refractivity contribution in [2.24, 2.45) is 0 Å². The molecular formula is C15H21N3O2. The van der Waals surface area contributed by atoms with Crippen LogP contribution in [0.15, 0.2) is 24.3 Å². The first-order valence-electron chi connectivity index (χ1n) is 6.95. The van der Waals surface area contributed by atoms with E-state index in [9.17, 15) is 9.59 Å². The molecule has 3 amide bonds. The number of para-hydroxylation sites is 1. The standard InChI is InChI=1S/C15H21N3O2/c1-11-6-3-4-8-14(11)17-15(20)18-9-5-7-13(10-18)16-12(2)19/h3-4,6,8,13H,5,7,9-10H2,1-2H3,(H,16,19)(H,17,20). The van der Waals surface area contributed by atoms with Gasteiger partial charge in [-0.25, -0.2) is 4.79 Å². The Bertz CT molecular complexity index is 502. The number of anilines is 1. The zero-order chi connectivity index (χ0) is 14.5. The topological polar surface area (TPSA) is 61.4 Å². The van der Waals surface area contributed by atoms with E-state index in [2.05, 4.69) is 10.6 Å². The molecule has 20 heavy (non-hydrogen) atoms. The molecule has 1 atom stereocenters. The van der Waals surface area contributed by atoms with Gasteiger partial charge in [-0.15, -0.1) is 0 Å². The maximum atomic E-state index is 12.3. The third-order valence-corrected chi connectivity index (χ3v) is 3.50. The fourth-order valence-electron chi connectivity index (χ4n) is 2.47. The molecule has 5 heteroatoms. The van der Waals surface area contributed by atoms with Gasteiger partial charge in [-0.2, -0.15) is 0 Å². The Kier molecular flexibility index (Phi) is 4.61. The third kappa shape index (κ3) is 3.73. The molecule has 2 N–H and O–H groups in total. The molecule has 0 aliphatic carbocycles. The van der Waals surface area contributed by atoms with Crippen molar-refractivity contribution in [1.29, 1.82) is 0 Å². The Balaban J connectivity index is 1.95. The maximum Gasteiger partial charge on any atom is 0.321 e. The van der Waals surface area contributed by atoms with Gasteiger partial charge in [0.2, 0.25) is 5.91 Å². The third-order valence-electron chi connectivity index (χ3n) is 3.50. The lowest BCUT2D eigenvalue weighted by Gasteiger charge is -2.33. The molecular weight excluding hydrogens is 254 g/mol. The zero-order valence-electron chi connectivity index (χ0n) is 12.0. The molecule has 1 saturated heterocycles. The Morgan fingerprint density at radius 2 is 2.05 bits per heavy atom. The fraction of sp³-hybridized carbons (Fsp3) is 0.467. The average Bonchev–Trinajstić information content (AvgIpc) is 2.41. The summed E-state index contributed by atoms with van der Waals surface area (Å²) in [5.74, 6) is -0.0452. The lowest BCUT2D eigenvalue weighted by Crippen LogP contribution is -2.50. The van der Waals surface area contributed by atoms with Crippen LogP contribution in [0.5, 0.6) is 0 Å². The number of hydrogen-bond donors (Lipinski definition) is 2. The number of rotatable bonds is 2. The van der Waals surface area contributed by atoms with Crippen molar-refractivity contribution in [2.75, 3.05) is 18.4 Å². The van der Waals surface area contributed by atoms with Gasteiger partial charge in [0.1, 0.15) is 0 Å². The highest BCUT2D eigenvalue weighted by atomic mass is 16.2. The summed E-state index contributed by atoms with van der Waals surface area (Å²) in [4.78, 5) is 25.1. The van der Waals surface area contributed by atoms with E-state index < -0.39 is 0 Å². The molecule has 1 aliphatic heterocycles. The van der Waals surface area contributed by atoms with Gasteiger partial charge in [0.15, 0.2) is 0 Å². The average molecular weight is 275 g/mol. The highest BCUT2D eigenvalue weighted by Crippen LogP contribution is 2.16. The molecule has 1 unspecified atom stereocenters. The second-order valence-corrected chi connectivity index (χ2v) is 5.23. The number of nitrogens with zero attached hydrogens (tertiary/aromatic N) is 1. The number of carbonyl (C=O) groups is 2. The SMILES string of the molecule is CC(=O)NC1CCCN(C(=O)Nc2ccccc2C)C1. The second kappa shape index (κ2) is 6.41. The molecule has 0 aromatic heterocycles. The molecule has 108 valence electrons. The minimum Gasteiger partial charge on any atom is -0.352 e. The highest BCUT2D eigenvalue weighted by molar-refractivity contribution is 5.90. The number of amides is 3. The predicted octanol–water partition coefficient (Wildman–Crippen LogP) is 2.13. The fourth-order valence-corrected chi connectivity index (χ4v) is 2.47. The molecule has 0 saturated carbocycles. The summed E-state index contributed by atoms with van der Waals surface area (Å²) in [6.07, 6.45) is 1.83.